The second-order valence-corrected chi connectivity index (χ2v) is 39.4. The first-order valence-corrected chi connectivity index (χ1v) is 44.9. The third-order valence-electron chi connectivity index (χ3n) is 17.5. The largest absolute Gasteiger partial charge is 0.166 e. The van der Waals surface area contributed by atoms with E-state index in [4.69, 9.17) is 0 Å². The van der Waals surface area contributed by atoms with Gasteiger partial charge in [-0.1, -0.05) is 279 Å². The molecule has 110 heavy (non-hydrogen) atoms. The second kappa shape index (κ2) is 40.3. The average molecular weight is 1570 g/mol. The van der Waals surface area contributed by atoms with Crippen molar-refractivity contribution in [1.29, 1.82) is 0 Å². The Morgan fingerprint density at radius 3 is 0.482 bits per heavy atom. The molecule has 0 heterocycles. The summed E-state index contributed by atoms with van der Waals surface area (Å²) < 4.78 is 0. The van der Waals surface area contributed by atoms with Gasteiger partial charge in [-0.3, -0.25) is 0 Å². The zero-order valence-corrected chi connectivity index (χ0v) is 68.9. The van der Waals surface area contributed by atoms with Crippen LogP contribution in [0.1, 0.15) is 37.5 Å². The Balaban J connectivity index is 0.000000129. The van der Waals surface area contributed by atoms with E-state index in [-0.39, 0.29) is 49.0 Å². The molecular formula is C102H88S8+4. The Bertz CT molecular complexity index is 5200. The maximum Gasteiger partial charge on any atom is 0.166 e. The van der Waals surface area contributed by atoms with Gasteiger partial charge < -0.3 is 0 Å². The van der Waals surface area contributed by atoms with Crippen molar-refractivity contribution in [3.05, 3.63) is 460 Å². The molecule has 0 fully saturated rings. The van der Waals surface area contributed by atoms with E-state index < -0.39 is 0 Å². The van der Waals surface area contributed by atoms with Crippen molar-refractivity contribution in [2.45, 2.75) is 138 Å². The van der Waals surface area contributed by atoms with Crippen LogP contribution in [-0.4, -0.2) is 0 Å². The van der Waals surface area contributed by atoms with Gasteiger partial charge in [0.1, 0.15) is 0 Å². The third kappa shape index (κ3) is 22.7. The van der Waals surface area contributed by atoms with Gasteiger partial charge in [0, 0.05) is 39.2 Å². The van der Waals surface area contributed by atoms with E-state index in [1.54, 1.807) is 23.5 Å². The van der Waals surface area contributed by atoms with Crippen molar-refractivity contribution in [2.75, 3.05) is 0 Å². The van der Waals surface area contributed by atoms with E-state index in [1.807, 2.05) is 23.5 Å². The first-order chi connectivity index (χ1) is 54.0. The Morgan fingerprint density at radius 1 is 0.155 bits per heavy atom. The van der Waals surface area contributed by atoms with E-state index in [0.29, 0.717) is 0 Å². The summed E-state index contributed by atoms with van der Waals surface area (Å²) in [4.78, 5) is 26.4. The highest BCUT2D eigenvalue weighted by Gasteiger charge is 2.32. The maximum absolute atomic E-state index is 2.29. The molecule has 0 spiro atoms. The lowest BCUT2D eigenvalue weighted by molar-refractivity contribution is 0.590. The van der Waals surface area contributed by atoms with Crippen molar-refractivity contribution in [1.82, 2.24) is 0 Å². The maximum atomic E-state index is 2.29. The summed E-state index contributed by atoms with van der Waals surface area (Å²) in [7, 11) is -0.339. The van der Waals surface area contributed by atoms with Gasteiger partial charge in [-0.25, -0.2) is 0 Å². The summed E-state index contributed by atoms with van der Waals surface area (Å²) in [6.45, 7) is 11.0. The molecule has 8 heteroatoms. The zero-order valence-electron chi connectivity index (χ0n) is 62.4. The summed E-state index contributed by atoms with van der Waals surface area (Å²) in [5, 5.41) is 0. The molecule has 0 aromatic heterocycles. The van der Waals surface area contributed by atoms with E-state index in [2.05, 4.69) is 477 Å². The van der Waals surface area contributed by atoms with Crippen LogP contribution < -0.4 is 0 Å². The highest BCUT2D eigenvalue weighted by Crippen LogP contribution is 2.40. The lowest BCUT2D eigenvalue weighted by Gasteiger charge is -2.19. The molecule has 16 aromatic carbocycles. The first kappa shape index (κ1) is 78.4. The SMILES string of the molecule is CC(C)(C)c1ccc(Sc2ccc([S+](c3ccccc3)c3ccccc3)cc2)cc1.Cc1ccc(Sc2ccc([S+](c3ccccc3)c3ccccc3)cc2)cc1.Cc1ccc([S+](c2ccccc2)c2ccc(Sc3ccccc3)cc2)cc1.c1ccc(Sc2ccc([S+](c3ccccc3)c3ccccc3)cc2)cc1. The summed E-state index contributed by atoms with van der Waals surface area (Å²) in [6, 6.07) is 159. The first-order valence-electron chi connectivity index (χ1n) is 36.8. The van der Waals surface area contributed by atoms with Gasteiger partial charge in [-0.15, -0.1) is 0 Å². The summed E-state index contributed by atoms with van der Waals surface area (Å²) >= 11 is 7.24. The number of hydrogen-bond acceptors (Lipinski definition) is 4. The van der Waals surface area contributed by atoms with E-state index in [1.165, 1.54) is 115 Å². The van der Waals surface area contributed by atoms with Crippen molar-refractivity contribution in [2.24, 2.45) is 0 Å². The van der Waals surface area contributed by atoms with Crippen molar-refractivity contribution >= 4 is 90.6 Å². The van der Waals surface area contributed by atoms with Crippen LogP contribution in [0.15, 0.2) is 541 Å². The van der Waals surface area contributed by atoms with E-state index in [0.717, 1.165) is 0 Å². The summed E-state index contributed by atoms with van der Waals surface area (Å²) in [6.07, 6.45) is 0. The van der Waals surface area contributed by atoms with Gasteiger partial charge in [0.15, 0.2) is 58.7 Å². The highest BCUT2D eigenvalue weighted by molar-refractivity contribution is 8.00. The Morgan fingerprint density at radius 2 is 0.291 bits per heavy atom. The van der Waals surface area contributed by atoms with Crippen LogP contribution in [0.3, 0.4) is 0 Å². The summed E-state index contributed by atoms with van der Waals surface area (Å²) in [5.41, 5.74) is 4.15. The molecular weight excluding hydrogens is 1480 g/mol. The van der Waals surface area contributed by atoms with Gasteiger partial charge >= 0.3 is 0 Å². The van der Waals surface area contributed by atoms with Crippen molar-refractivity contribution < 1.29 is 0 Å². The lowest BCUT2D eigenvalue weighted by atomic mass is 9.87. The topological polar surface area (TPSA) is 0 Å². The minimum absolute atomic E-state index is 0.0786. The van der Waals surface area contributed by atoms with Gasteiger partial charge in [0.25, 0.3) is 0 Å². The lowest BCUT2D eigenvalue weighted by Crippen LogP contribution is -2.10. The molecule has 16 aromatic rings. The fourth-order valence-electron chi connectivity index (χ4n) is 11.9. The smallest absolute Gasteiger partial charge is 0.0901 e. The molecule has 0 saturated heterocycles. The van der Waals surface area contributed by atoms with Gasteiger partial charge in [0.2, 0.25) is 0 Å². The van der Waals surface area contributed by atoms with Crippen LogP contribution in [-0.2, 0) is 49.0 Å². The molecule has 0 amide bonds. The van der Waals surface area contributed by atoms with Crippen molar-refractivity contribution in [3.63, 3.8) is 0 Å². The Kier molecular flexibility index (Phi) is 28.7. The van der Waals surface area contributed by atoms with Gasteiger partial charge in [-0.2, -0.15) is 0 Å². The number of benzene rings is 16. The van der Waals surface area contributed by atoms with Gasteiger partial charge in [-0.05, 0) is 267 Å². The molecule has 16 rings (SSSR count). The molecule has 0 aliphatic heterocycles. The van der Waals surface area contributed by atoms with Crippen LogP contribution in [0.4, 0.5) is 0 Å². The molecule has 0 aliphatic carbocycles. The van der Waals surface area contributed by atoms with Crippen LogP contribution in [0.2, 0.25) is 0 Å². The Hall–Kier alpha value is -9.68. The molecule has 0 nitrogen and oxygen atoms in total. The predicted octanol–water partition coefficient (Wildman–Crippen LogP) is 29.6. The van der Waals surface area contributed by atoms with Crippen LogP contribution in [0, 0.1) is 13.8 Å². The average Bonchev–Trinajstić information content (AvgIpc) is 0.832. The van der Waals surface area contributed by atoms with Crippen LogP contribution in [0.5, 0.6) is 0 Å². The minimum Gasteiger partial charge on any atom is -0.0901 e. The fourth-order valence-corrected chi connectivity index (χ4v) is 23.5. The minimum atomic E-state index is -0.0917. The fraction of sp³-hybridized carbons (Fsp3) is 0.0588. The third-order valence-corrected chi connectivity index (χ3v) is 30.5. The monoisotopic (exact) mass is 1570 g/mol. The quantitative estimate of drug-likeness (QED) is 0.0697. The molecule has 0 aliphatic rings. The molecule has 1 unspecified atom stereocenters. The molecule has 1 atom stereocenters. The normalized spacial score (nSPS) is 11.3. The predicted molar refractivity (Wildman–Crippen MR) is 476 cm³/mol. The summed E-state index contributed by atoms with van der Waals surface area (Å²) in [5.74, 6) is 0. The standard InChI is InChI=1S/C28H27S2.2C25H21S2.C24H19S2/c1-28(2,3)22-14-16-23(17-15-22)29-24-18-20-27(21-19-24)30(25-10-6-4-7-11-25)26-12-8-5-9-13-26;1-20-12-16-24(17-13-20)27(23-10-6-3-7-11-23)25-18-14-22(15-19-25)26-21-8-4-2-5-9-21;1-20-12-14-21(15-13-20)26-22-16-18-25(19-17-22)27(23-8-4-2-5-9-23)24-10-6-3-7-11-24;1-4-10-20(11-5-1)25-21-16-18-24(19-17-21)26(22-12-6-2-7-13-22)23-14-8-3-9-15-23/h4-21H,1-3H3;2*2-19H,1H3;1-19H/q4*+1. The van der Waals surface area contributed by atoms with Crippen LogP contribution in [0.25, 0.3) is 0 Å². The molecule has 0 saturated carbocycles. The molecule has 0 N–H and O–H groups in total. The molecule has 0 radical (unpaired) electrons. The number of aryl methyl sites for hydroxylation is 2. The van der Waals surface area contributed by atoms with Gasteiger partial charge in [0.05, 0.1) is 43.6 Å². The number of rotatable bonds is 20. The van der Waals surface area contributed by atoms with E-state index >= 15 is 0 Å². The van der Waals surface area contributed by atoms with Crippen molar-refractivity contribution in [3.8, 4) is 0 Å². The second-order valence-electron chi connectivity index (χ2n) is 26.7. The number of hydrogen-bond donors (Lipinski definition) is 0. The van der Waals surface area contributed by atoms with Crippen LogP contribution >= 0.6 is 47.0 Å². The molecule has 540 valence electrons. The molecule has 0 bridgehead atoms. The highest BCUT2D eigenvalue weighted by atomic mass is 32.2. The zero-order chi connectivity index (χ0) is 75.5. The Labute approximate surface area is 681 Å². The van der Waals surface area contributed by atoms with E-state index in [9.17, 15) is 0 Å².